The van der Waals surface area contributed by atoms with E-state index in [0.29, 0.717) is 5.89 Å². The van der Waals surface area contributed by atoms with Crippen LogP contribution in [0.2, 0.25) is 5.02 Å². The summed E-state index contributed by atoms with van der Waals surface area (Å²) in [6.07, 6.45) is 1.38. The molecule has 0 radical (unpaired) electrons. The van der Waals surface area contributed by atoms with Crippen molar-refractivity contribution in [1.29, 1.82) is 0 Å². The van der Waals surface area contributed by atoms with Crippen LogP contribution in [0.3, 0.4) is 0 Å². The van der Waals surface area contributed by atoms with Crippen molar-refractivity contribution in [2.45, 2.75) is 13.0 Å². The van der Waals surface area contributed by atoms with Gasteiger partial charge < -0.3 is 10.2 Å². The van der Waals surface area contributed by atoms with Gasteiger partial charge in [-0.05, 0) is 13.0 Å². The van der Waals surface area contributed by atoms with Crippen molar-refractivity contribution in [3.63, 3.8) is 0 Å². The van der Waals surface area contributed by atoms with Gasteiger partial charge in [0.2, 0.25) is 5.89 Å². The monoisotopic (exact) mass is 267 g/mol. The highest BCUT2D eigenvalue weighted by atomic mass is 35.5. The van der Waals surface area contributed by atoms with Gasteiger partial charge in [-0.3, -0.25) is 10.1 Å². The number of hydrogen-bond donors (Lipinski definition) is 1. The molecular weight excluding hydrogens is 258 g/mol. The third kappa shape index (κ3) is 2.20. The maximum absolute atomic E-state index is 10.9. The molecule has 2 aromatic rings. The van der Waals surface area contributed by atoms with Crippen LogP contribution >= 0.6 is 11.6 Å². The predicted octanol–water partition coefficient (Wildman–Crippen LogP) is 2.92. The Morgan fingerprint density at radius 3 is 2.83 bits per heavy atom. The SMILES string of the molecule is CC(N)c1ncc(-c2c(Cl)cccc2[N+](=O)[O-])o1. The maximum Gasteiger partial charge on any atom is 0.281 e. The van der Waals surface area contributed by atoms with Crippen LogP contribution in [0.5, 0.6) is 0 Å². The van der Waals surface area contributed by atoms with Crippen LogP contribution in [-0.4, -0.2) is 9.91 Å². The molecular formula is C11H10ClN3O3. The first-order valence-corrected chi connectivity index (χ1v) is 5.53. The van der Waals surface area contributed by atoms with Crippen LogP contribution in [0.1, 0.15) is 18.9 Å². The Hall–Kier alpha value is -1.92. The average Bonchev–Trinajstić information content (AvgIpc) is 2.77. The van der Waals surface area contributed by atoms with Gasteiger partial charge >= 0.3 is 0 Å². The smallest absolute Gasteiger partial charge is 0.281 e. The summed E-state index contributed by atoms with van der Waals surface area (Å²) in [5.74, 6) is 0.541. The van der Waals surface area contributed by atoms with E-state index in [2.05, 4.69) is 4.98 Å². The molecule has 0 aliphatic carbocycles. The molecule has 6 nitrogen and oxygen atoms in total. The minimum atomic E-state index is -0.519. The Morgan fingerprint density at radius 2 is 2.28 bits per heavy atom. The lowest BCUT2D eigenvalue weighted by molar-refractivity contribution is -0.384. The normalized spacial score (nSPS) is 12.4. The van der Waals surface area contributed by atoms with E-state index >= 15 is 0 Å². The lowest BCUT2D eigenvalue weighted by Crippen LogP contribution is -2.04. The number of nitrogens with zero attached hydrogens (tertiary/aromatic N) is 2. The second-order valence-electron chi connectivity index (χ2n) is 3.74. The van der Waals surface area contributed by atoms with Crippen molar-refractivity contribution in [2.24, 2.45) is 5.73 Å². The van der Waals surface area contributed by atoms with Crippen molar-refractivity contribution in [3.05, 3.63) is 45.4 Å². The average molecular weight is 268 g/mol. The largest absolute Gasteiger partial charge is 0.439 e. The molecule has 1 aromatic heterocycles. The molecule has 0 amide bonds. The molecule has 0 fully saturated rings. The van der Waals surface area contributed by atoms with Crippen molar-refractivity contribution in [3.8, 4) is 11.3 Å². The fraction of sp³-hybridized carbons (Fsp3) is 0.182. The van der Waals surface area contributed by atoms with E-state index < -0.39 is 4.92 Å². The fourth-order valence-corrected chi connectivity index (χ4v) is 1.79. The van der Waals surface area contributed by atoms with Gasteiger partial charge in [0.05, 0.1) is 22.2 Å². The first-order chi connectivity index (χ1) is 8.50. The van der Waals surface area contributed by atoms with E-state index in [9.17, 15) is 10.1 Å². The van der Waals surface area contributed by atoms with E-state index in [1.807, 2.05) is 0 Å². The molecule has 0 aliphatic heterocycles. The molecule has 0 aliphatic rings. The molecule has 1 atom stereocenters. The minimum absolute atomic E-state index is 0.130. The van der Waals surface area contributed by atoms with E-state index in [1.54, 1.807) is 13.0 Å². The first-order valence-electron chi connectivity index (χ1n) is 5.15. The minimum Gasteiger partial charge on any atom is -0.439 e. The molecule has 1 aromatic carbocycles. The zero-order chi connectivity index (χ0) is 13.3. The Bertz CT molecular complexity index is 595. The Balaban J connectivity index is 2.58. The van der Waals surface area contributed by atoms with Crippen molar-refractivity contribution in [1.82, 2.24) is 4.98 Å². The molecule has 0 bridgehead atoms. The molecule has 2 N–H and O–H groups in total. The number of nitrogens with two attached hydrogens (primary N) is 1. The lowest BCUT2D eigenvalue weighted by Gasteiger charge is -2.02. The first kappa shape index (κ1) is 12.5. The van der Waals surface area contributed by atoms with Crippen LogP contribution < -0.4 is 5.73 Å². The topological polar surface area (TPSA) is 95.2 Å². The lowest BCUT2D eigenvalue weighted by atomic mass is 10.1. The summed E-state index contributed by atoms with van der Waals surface area (Å²) in [5, 5.41) is 11.2. The van der Waals surface area contributed by atoms with Gasteiger partial charge in [0.1, 0.15) is 5.56 Å². The van der Waals surface area contributed by atoms with Crippen molar-refractivity contribution in [2.75, 3.05) is 0 Å². The van der Waals surface area contributed by atoms with Gasteiger partial charge in [0, 0.05) is 6.07 Å². The van der Waals surface area contributed by atoms with E-state index in [0.717, 1.165) is 0 Å². The summed E-state index contributed by atoms with van der Waals surface area (Å²) < 4.78 is 5.38. The molecule has 2 rings (SSSR count). The Kier molecular flexibility index (Phi) is 3.31. The second kappa shape index (κ2) is 4.75. The van der Waals surface area contributed by atoms with Crippen molar-refractivity contribution >= 4 is 17.3 Å². The molecule has 1 unspecified atom stereocenters. The van der Waals surface area contributed by atoms with Crippen LogP contribution in [0, 0.1) is 10.1 Å². The molecule has 18 heavy (non-hydrogen) atoms. The molecule has 0 saturated heterocycles. The standard InChI is InChI=1S/C11H10ClN3O3/c1-6(13)11-14-5-9(18-11)10-7(12)3-2-4-8(10)15(16)17/h2-6H,13H2,1H3. The molecule has 0 spiro atoms. The second-order valence-corrected chi connectivity index (χ2v) is 4.15. The quantitative estimate of drug-likeness (QED) is 0.681. The van der Waals surface area contributed by atoms with Crippen LogP contribution in [0.25, 0.3) is 11.3 Å². The molecule has 94 valence electrons. The van der Waals surface area contributed by atoms with E-state index in [4.69, 9.17) is 21.8 Å². The van der Waals surface area contributed by atoms with Gasteiger partial charge in [0.25, 0.3) is 5.69 Å². The van der Waals surface area contributed by atoms with Crippen LogP contribution in [-0.2, 0) is 0 Å². The summed E-state index contributed by atoms with van der Waals surface area (Å²) in [7, 11) is 0. The van der Waals surface area contributed by atoms with E-state index in [-0.39, 0.29) is 28.1 Å². The van der Waals surface area contributed by atoms with Gasteiger partial charge in [-0.25, -0.2) is 4.98 Å². The number of benzene rings is 1. The van der Waals surface area contributed by atoms with Gasteiger partial charge in [0.15, 0.2) is 5.76 Å². The Morgan fingerprint density at radius 1 is 1.56 bits per heavy atom. The van der Waals surface area contributed by atoms with Crippen molar-refractivity contribution < 1.29 is 9.34 Å². The predicted molar refractivity (Wildman–Crippen MR) is 66.2 cm³/mol. The molecule has 7 heteroatoms. The highest BCUT2D eigenvalue weighted by Gasteiger charge is 2.22. The summed E-state index contributed by atoms with van der Waals surface area (Å²) in [4.78, 5) is 14.4. The number of hydrogen-bond acceptors (Lipinski definition) is 5. The zero-order valence-electron chi connectivity index (χ0n) is 9.46. The van der Waals surface area contributed by atoms with Gasteiger partial charge in [-0.1, -0.05) is 17.7 Å². The third-order valence-corrected chi connectivity index (χ3v) is 2.66. The number of nitro benzene ring substituents is 1. The number of oxazole rings is 1. The number of rotatable bonds is 3. The summed E-state index contributed by atoms with van der Waals surface area (Å²) in [5.41, 5.74) is 5.70. The van der Waals surface area contributed by atoms with Crippen LogP contribution in [0.4, 0.5) is 5.69 Å². The zero-order valence-corrected chi connectivity index (χ0v) is 10.2. The fourth-order valence-electron chi connectivity index (χ4n) is 1.52. The third-order valence-electron chi connectivity index (χ3n) is 2.35. The number of nitro groups is 1. The molecule has 0 saturated carbocycles. The number of aromatic nitrogens is 1. The Labute approximate surface area is 108 Å². The van der Waals surface area contributed by atoms with Crippen LogP contribution in [0.15, 0.2) is 28.8 Å². The molecule has 1 heterocycles. The number of halogens is 1. The summed E-state index contributed by atoms with van der Waals surface area (Å²) in [6, 6.07) is 4.03. The van der Waals surface area contributed by atoms with Gasteiger partial charge in [-0.2, -0.15) is 0 Å². The van der Waals surface area contributed by atoms with Gasteiger partial charge in [-0.15, -0.1) is 0 Å². The summed E-state index contributed by atoms with van der Waals surface area (Å²) >= 11 is 5.97. The van der Waals surface area contributed by atoms with E-state index in [1.165, 1.54) is 18.3 Å². The highest BCUT2D eigenvalue weighted by molar-refractivity contribution is 6.33. The summed E-state index contributed by atoms with van der Waals surface area (Å²) in [6.45, 7) is 1.70. The maximum atomic E-state index is 10.9. The highest BCUT2D eigenvalue weighted by Crippen LogP contribution is 2.36.